The van der Waals surface area contributed by atoms with E-state index in [4.69, 9.17) is 14.5 Å². The van der Waals surface area contributed by atoms with E-state index in [2.05, 4.69) is 34.5 Å². The average molecular weight is 473 g/mol. The topological polar surface area (TPSA) is 46.1 Å². The van der Waals surface area contributed by atoms with E-state index in [1.54, 1.807) is 0 Å². The van der Waals surface area contributed by atoms with Crippen molar-refractivity contribution in [2.75, 3.05) is 51.4 Å². The Kier molecular flexibility index (Phi) is 10.3. The number of ether oxygens (including phenoxy) is 2. The Balaban J connectivity index is 0.00000243. The molecule has 0 bridgehead atoms. The quantitative estimate of drug-likeness (QED) is 0.282. The number of hydrogen-bond donors (Lipinski definition) is 1. The molecule has 0 radical (unpaired) electrons. The van der Waals surface area contributed by atoms with Crippen LogP contribution in [0.25, 0.3) is 0 Å². The lowest BCUT2D eigenvalue weighted by Gasteiger charge is -2.30. The molecule has 1 aromatic carbocycles. The lowest BCUT2D eigenvalue weighted by Crippen LogP contribution is -2.40. The number of nitrogens with one attached hydrogen (secondary N) is 1. The van der Waals surface area contributed by atoms with Crippen molar-refractivity contribution in [2.24, 2.45) is 10.9 Å². The summed E-state index contributed by atoms with van der Waals surface area (Å²) >= 11 is 0. The van der Waals surface area contributed by atoms with Crippen molar-refractivity contribution >= 4 is 35.6 Å². The normalized spacial score (nSPS) is 20.7. The van der Waals surface area contributed by atoms with Crippen molar-refractivity contribution in [1.29, 1.82) is 0 Å². The fourth-order valence-electron chi connectivity index (χ4n) is 3.29. The minimum Gasteiger partial charge on any atom is -0.381 e. The number of para-hydroxylation sites is 1. The molecular weight excluding hydrogens is 441 g/mol. The minimum absolute atomic E-state index is 0. The van der Waals surface area contributed by atoms with Gasteiger partial charge in [-0.25, -0.2) is 0 Å². The van der Waals surface area contributed by atoms with E-state index < -0.39 is 0 Å². The molecule has 1 N–H and O–H groups in total. The number of aliphatic imine (C=N–C) groups is 1. The van der Waals surface area contributed by atoms with Gasteiger partial charge in [-0.1, -0.05) is 18.2 Å². The second kappa shape index (κ2) is 12.5. The van der Waals surface area contributed by atoms with Crippen molar-refractivity contribution in [3.63, 3.8) is 0 Å². The van der Waals surface area contributed by atoms with Crippen LogP contribution in [0.1, 0.15) is 32.1 Å². The van der Waals surface area contributed by atoms with Crippen molar-refractivity contribution in [3.8, 4) is 0 Å². The Labute approximate surface area is 174 Å². The van der Waals surface area contributed by atoms with Crippen LogP contribution in [0.2, 0.25) is 0 Å². The van der Waals surface area contributed by atoms with Gasteiger partial charge in [-0.2, -0.15) is 0 Å². The van der Waals surface area contributed by atoms with E-state index in [9.17, 15) is 0 Å². The molecule has 2 aliphatic heterocycles. The van der Waals surface area contributed by atoms with Crippen LogP contribution in [0.5, 0.6) is 0 Å². The molecule has 1 atom stereocenters. The Morgan fingerprint density at radius 3 is 2.73 bits per heavy atom. The highest BCUT2D eigenvalue weighted by Gasteiger charge is 2.16. The number of guanidine groups is 1. The largest absolute Gasteiger partial charge is 0.381 e. The molecule has 146 valence electrons. The zero-order valence-corrected chi connectivity index (χ0v) is 17.9. The third kappa shape index (κ3) is 7.40. The number of halogens is 1. The second-order valence-electron chi connectivity index (χ2n) is 6.90. The second-order valence-corrected chi connectivity index (χ2v) is 6.90. The SMILES string of the molecule is I.c1ccc(NC(=NCCCOCC2CCOC2)N2CCCCC2)cc1. The molecule has 0 spiro atoms. The van der Waals surface area contributed by atoms with Crippen LogP contribution in [0.3, 0.4) is 0 Å². The fourth-order valence-corrected chi connectivity index (χ4v) is 3.29. The lowest BCUT2D eigenvalue weighted by molar-refractivity contribution is 0.0893. The van der Waals surface area contributed by atoms with Gasteiger partial charge in [-0.3, -0.25) is 4.99 Å². The molecule has 0 saturated carbocycles. The molecule has 0 aliphatic carbocycles. The summed E-state index contributed by atoms with van der Waals surface area (Å²) in [6, 6.07) is 10.3. The molecule has 2 saturated heterocycles. The number of likely N-dealkylation sites (tertiary alicyclic amines) is 1. The first kappa shape index (κ1) is 21.4. The van der Waals surface area contributed by atoms with Gasteiger partial charge in [0.15, 0.2) is 5.96 Å². The number of benzene rings is 1. The van der Waals surface area contributed by atoms with Crippen LogP contribution in [-0.4, -0.2) is 56.9 Å². The third-order valence-electron chi connectivity index (χ3n) is 4.77. The number of nitrogens with zero attached hydrogens (tertiary/aromatic N) is 2. The van der Waals surface area contributed by atoms with Gasteiger partial charge in [0, 0.05) is 44.5 Å². The zero-order valence-electron chi connectivity index (χ0n) is 15.6. The average Bonchev–Trinajstić information content (AvgIpc) is 3.18. The number of piperidine rings is 1. The number of rotatable bonds is 7. The summed E-state index contributed by atoms with van der Waals surface area (Å²) in [4.78, 5) is 7.22. The third-order valence-corrected chi connectivity index (χ3v) is 4.77. The van der Waals surface area contributed by atoms with E-state index in [0.29, 0.717) is 5.92 Å². The first-order chi connectivity index (χ1) is 12.4. The smallest absolute Gasteiger partial charge is 0.198 e. The highest BCUT2D eigenvalue weighted by atomic mass is 127. The number of hydrogen-bond acceptors (Lipinski definition) is 3. The van der Waals surface area contributed by atoms with Crippen LogP contribution in [0, 0.1) is 5.92 Å². The summed E-state index contributed by atoms with van der Waals surface area (Å²) in [6.07, 6.45) is 5.93. The van der Waals surface area contributed by atoms with Gasteiger partial charge in [-0.05, 0) is 44.2 Å². The summed E-state index contributed by atoms with van der Waals surface area (Å²) in [6.45, 7) is 6.34. The highest BCUT2D eigenvalue weighted by Crippen LogP contribution is 2.13. The summed E-state index contributed by atoms with van der Waals surface area (Å²) in [5.41, 5.74) is 1.10. The van der Waals surface area contributed by atoms with Crippen molar-refractivity contribution in [1.82, 2.24) is 4.90 Å². The molecule has 6 heteroatoms. The maximum atomic E-state index is 5.78. The first-order valence-corrected chi connectivity index (χ1v) is 9.69. The van der Waals surface area contributed by atoms with E-state index in [0.717, 1.165) is 70.6 Å². The van der Waals surface area contributed by atoms with Crippen LogP contribution < -0.4 is 5.32 Å². The zero-order chi connectivity index (χ0) is 17.2. The van der Waals surface area contributed by atoms with Gasteiger partial charge in [0.05, 0.1) is 13.2 Å². The van der Waals surface area contributed by atoms with Crippen molar-refractivity contribution in [2.45, 2.75) is 32.1 Å². The summed E-state index contributed by atoms with van der Waals surface area (Å²) in [7, 11) is 0. The Morgan fingerprint density at radius 2 is 2.00 bits per heavy atom. The fraction of sp³-hybridized carbons (Fsp3) is 0.650. The molecule has 2 heterocycles. The number of anilines is 1. The van der Waals surface area contributed by atoms with Gasteiger partial charge in [0.2, 0.25) is 0 Å². The molecule has 1 aromatic rings. The molecule has 26 heavy (non-hydrogen) atoms. The minimum atomic E-state index is 0. The molecule has 3 rings (SSSR count). The van der Waals surface area contributed by atoms with E-state index in [-0.39, 0.29) is 24.0 Å². The lowest BCUT2D eigenvalue weighted by atomic mass is 10.1. The van der Waals surface area contributed by atoms with Crippen molar-refractivity contribution < 1.29 is 9.47 Å². The first-order valence-electron chi connectivity index (χ1n) is 9.69. The summed E-state index contributed by atoms with van der Waals surface area (Å²) in [5.74, 6) is 1.60. The molecular formula is C20H32IN3O2. The van der Waals surface area contributed by atoms with E-state index in [1.807, 2.05) is 6.07 Å². The van der Waals surface area contributed by atoms with E-state index >= 15 is 0 Å². The van der Waals surface area contributed by atoms with Crippen molar-refractivity contribution in [3.05, 3.63) is 30.3 Å². The summed E-state index contributed by atoms with van der Waals surface area (Å²) < 4.78 is 11.2. The molecule has 5 nitrogen and oxygen atoms in total. The van der Waals surface area contributed by atoms with Crippen LogP contribution in [0.15, 0.2) is 35.3 Å². The van der Waals surface area contributed by atoms with Gasteiger partial charge in [0.25, 0.3) is 0 Å². The van der Waals surface area contributed by atoms with Crippen LogP contribution >= 0.6 is 24.0 Å². The maximum absolute atomic E-state index is 5.78. The standard InChI is InChI=1S/C20H31N3O2.HI/c1-3-8-19(9-4-1)22-20(23-12-5-2-6-13-23)21-11-7-14-24-16-18-10-15-25-17-18;/h1,3-4,8-9,18H,2,5-7,10-17H2,(H,21,22);1H. The van der Waals surface area contributed by atoms with E-state index in [1.165, 1.54) is 19.3 Å². The molecule has 0 amide bonds. The predicted molar refractivity (Wildman–Crippen MR) is 118 cm³/mol. The molecule has 2 aliphatic rings. The van der Waals surface area contributed by atoms with Gasteiger partial charge in [-0.15, -0.1) is 24.0 Å². The van der Waals surface area contributed by atoms with Gasteiger partial charge < -0.3 is 19.7 Å². The molecule has 1 unspecified atom stereocenters. The Morgan fingerprint density at radius 1 is 1.19 bits per heavy atom. The Bertz CT molecular complexity index is 515. The van der Waals surface area contributed by atoms with Gasteiger partial charge in [0.1, 0.15) is 0 Å². The summed E-state index contributed by atoms with van der Waals surface area (Å²) in [5, 5.41) is 3.50. The highest BCUT2D eigenvalue weighted by molar-refractivity contribution is 14.0. The van der Waals surface area contributed by atoms with Gasteiger partial charge >= 0.3 is 0 Å². The Hall–Kier alpha value is -0.860. The predicted octanol–water partition coefficient (Wildman–Crippen LogP) is 4.00. The van der Waals surface area contributed by atoms with Crippen LogP contribution in [0.4, 0.5) is 5.69 Å². The van der Waals surface area contributed by atoms with Crippen LogP contribution in [-0.2, 0) is 9.47 Å². The maximum Gasteiger partial charge on any atom is 0.198 e. The monoisotopic (exact) mass is 473 g/mol. The molecule has 0 aromatic heterocycles. The molecule has 2 fully saturated rings.